The van der Waals surface area contributed by atoms with Crippen LogP contribution in [-0.4, -0.2) is 34.9 Å². The van der Waals surface area contributed by atoms with Gasteiger partial charge >= 0.3 is 5.97 Å². The Kier molecular flexibility index (Phi) is 3.38. The molecule has 1 spiro atoms. The minimum atomic E-state index is -3.26. The molecule has 2 unspecified atom stereocenters. The summed E-state index contributed by atoms with van der Waals surface area (Å²) in [5.41, 5.74) is -0.897. The molecule has 1 aromatic rings. The van der Waals surface area contributed by atoms with Crippen LogP contribution in [0, 0.1) is 17.2 Å². The molecular weight excluding hydrogens is 353 g/mol. The molecule has 6 nitrogen and oxygen atoms in total. The maximum Gasteiger partial charge on any atom is 0.313 e. The Bertz CT molecular complexity index is 835. The number of aliphatic carboxylic acids is 1. The second-order valence-corrected chi connectivity index (χ2v) is 7.20. The van der Waals surface area contributed by atoms with Gasteiger partial charge in [-0.1, -0.05) is 6.07 Å². The van der Waals surface area contributed by atoms with Crippen LogP contribution in [-0.2, 0) is 14.4 Å². The first-order valence-electron chi connectivity index (χ1n) is 8.16. The molecule has 2 aliphatic carbocycles. The van der Waals surface area contributed by atoms with E-state index in [1.165, 1.54) is 12.1 Å². The van der Waals surface area contributed by atoms with Crippen molar-refractivity contribution in [3.63, 3.8) is 0 Å². The second-order valence-electron chi connectivity index (χ2n) is 7.20. The molecule has 2 saturated carbocycles. The largest absolute Gasteiger partial charge is 0.481 e. The van der Waals surface area contributed by atoms with Crippen LogP contribution in [0.1, 0.15) is 30.7 Å². The number of carboxylic acid groups (broad SMARTS) is 1. The van der Waals surface area contributed by atoms with Crippen molar-refractivity contribution in [1.29, 1.82) is 0 Å². The van der Waals surface area contributed by atoms with Crippen LogP contribution in [0.25, 0.3) is 0 Å². The molecule has 1 heterocycles. The van der Waals surface area contributed by atoms with E-state index in [1.807, 2.05) is 0 Å². The zero-order valence-electron chi connectivity index (χ0n) is 13.4. The van der Waals surface area contributed by atoms with Gasteiger partial charge in [0.1, 0.15) is 11.7 Å². The number of amides is 2. The van der Waals surface area contributed by atoms with E-state index in [-0.39, 0.29) is 24.9 Å². The molecule has 0 bridgehead atoms. The lowest BCUT2D eigenvalue weighted by molar-refractivity contribution is -0.141. The summed E-state index contributed by atoms with van der Waals surface area (Å²) >= 11 is 0. The highest BCUT2D eigenvalue weighted by Gasteiger charge is 2.87. The highest BCUT2D eigenvalue weighted by Crippen LogP contribution is 2.75. The molecule has 0 radical (unpaired) electrons. The number of carbonyl (C=O) groups excluding carboxylic acids is 2. The summed E-state index contributed by atoms with van der Waals surface area (Å²) in [5, 5.41) is 14.0. The monoisotopic (exact) mass is 368 g/mol. The van der Waals surface area contributed by atoms with Crippen LogP contribution in [0.5, 0.6) is 0 Å². The van der Waals surface area contributed by atoms with Gasteiger partial charge < -0.3 is 15.7 Å². The van der Waals surface area contributed by atoms with Gasteiger partial charge in [0, 0.05) is 18.2 Å². The number of carbonyl (C=O) groups is 3. The number of rotatable bonds is 3. The number of nitrogens with one attached hydrogen (secondary N) is 2. The quantitative estimate of drug-likeness (QED) is 0.759. The highest BCUT2D eigenvalue weighted by atomic mass is 19.3. The standard InChI is InChI=1S/C17H15F3N2O4/c18-7-1-2-9-10(4-12(23)22-11(9)3-7)14(24)21-8-5-16(6-8)13(15(25)26)17(16,19)20/h1-3,8,10,13H,4-6H2,(H,21,24)(H,22,23)(H,25,26). The number of alkyl halides is 2. The molecule has 2 atom stereocenters. The van der Waals surface area contributed by atoms with Crippen molar-refractivity contribution in [3.05, 3.63) is 29.6 Å². The summed E-state index contributed by atoms with van der Waals surface area (Å²) in [5.74, 6) is -8.83. The van der Waals surface area contributed by atoms with Crippen LogP contribution in [0.3, 0.4) is 0 Å². The van der Waals surface area contributed by atoms with Gasteiger partial charge in [0.2, 0.25) is 11.8 Å². The average molecular weight is 368 g/mol. The van der Waals surface area contributed by atoms with E-state index in [2.05, 4.69) is 10.6 Å². The van der Waals surface area contributed by atoms with Crippen LogP contribution in [0.4, 0.5) is 18.9 Å². The molecule has 9 heteroatoms. The van der Waals surface area contributed by atoms with Gasteiger partial charge in [-0.2, -0.15) is 0 Å². The maximum atomic E-state index is 13.7. The van der Waals surface area contributed by atoms with Gasteiger partial charge in [-0.25, -0.2) is 13.2 Å². The van der Waals surface area contributed by atoms with Crippen LogP contribution >= 0.6 is 0 Å². The maximum absolute atomic E-state index is 13.7. The fourth-order valence-electron chi connectivity index (χ4n) is 4.30. The molecule has 0 aromatic heterocycles. The normalized spacial score (nSPS) is 33.7. The second kappa shape index (κ2) is 5.21. The lowest BCUT2D eigenvalue weighted by atomic mass is 9.74. The Hall–Kier alpha value is -2.58. The predicted molar refractivity (Wildman–Crippen MR) is 82.1 cm³/mol. The third-order valence-corrected chi connectivity index (χ3v) is 5.68. The Morgan fingerprint density at radius 1 is 1.27 bits per heavy atom. The SMILES string of the molecule is O=C1CC(C(=O)NC2CC3(C2)C(C(=O)O)C3(F)F)c2ccc(F)cc2N1. The number of halogens is 3. The number of hydrogen-bond acceptors (Lipinski definition) is 3. The van der Waals surface area contributed by atoms with Crippen molar-refractivity contribution >= 4 is 23.5 Å². The van der Waals surface area contributed by atoms with Gasteiger partial charge in [-0.15, -0.1) is 0 Å². The van der Waals surface area contributed by atoms with Crippen LogP contribution in [0.15, 0.2) is 18.2 Å². The van der Waals surface area contributed by atoms with Gasteiger partial charge in [-0.05, 0) is 30.5 Å². The van der Waals surface area contributed by atoms with Gasteiger partial charge in [-0.3, -0.25) is 14.4 Å². The fourth-order valence-corrected chi connectivity index (χ4v) is 4.30. The van der Waals surface area contributed by atoms with E-state index in [0.717, 1.165) is 6.07 Å². The topological polar surface area (TPSA) is 95.5 Å². The van der Waals surface area contributed by atoms with Gasteiger partial charge in [0.15, 0.2) is 0 Å². The highest BCUT2D eigenvalue weighted by molar-refractivity contribution is 6.01. The lowest BCUT2D eigenvalue weighted by Gasteiger charge is -2.37. The molecule has 0 saturated heterocycles. The van der Waals surface area contributed by atoms with Crippen molar-refractivity contribution in [2.45, 2.75) is 37.1 Å². The van der Waals surface area contributed by atoms with Crippen molar-refractivity contribution in [2.75, 3.05) is 5.32 Å². The summed E-state index contributed by atoms with van der Waals surface area (Å²) in [7, 11) is 0. The Morgan fingerprint density at radius 2 is 1.96 bits per heavy atom. The van der Waals surface area contributed by atoms with Gasteiger partial charge in [0.25, 0.3) is 5.92 Å². The summed E-state index contributed by atoms with van der Waals surface area (Å²) in [6.07, 6.45) is -0.355. The van der Waals surface area contributed by atoms with Crippen molar-refractivity contribution in [1.82, 2.24) is 5.32 Å². The first-order valence-corrected chi connectivity index (χ1v) is 8.16. The molecule has 3 N–H and O–H groups in total. The minimum absolute atomic E-state index is 0.113. The predicted octanol–water partition coefficient (Wildman–Crippen LogP) is 1.87. The van der Waals surface area contributed by atoms with E-state index in [0.29, 0.717) is 5.56 Å². The summed E-state index contributed by atoms with van der Waals surface area (Å²) in [6, 6.07) is 3.14. The average Bonchev–Trinajstić information content (AvgIpc) is 3.02. The lowest BCUT2D eigenvalue weighted by Crippen LogP contribution is -2.49. The van der Waals surface area contributed by atoms with Crippen LogP contribution < -0.4 is 10.6 Å². The Balaban J connectivity index is 1.45. The molecule has 2 fully saturated rings. The van der Waals surface area contributed by atoms with E-state index in [1.54, 1.807) is 0 Å². The molecule has 1 aliphatic heterocycles. The molecule has 26 heavy (non-hydrogen) atoms. The molecule has 1 aromatic carbocycles. The van der Waals surface area contributed by atoms with Crippen molar-refractivity contribution in [3.8, 4) is 0 Å². The van der Waals surface area contributed by atoms with E-state index < -0.39 is 52.8 Å². The molecule has 4 rings (SSSR count). The Morgan fingerprint density at radius 3 is 2.58 bits per heavy atom. The summed E-state index contributed by atoms with van der Waals surface area (Å²) < 4.78 is 40.8. The molecule has 138 valence electrons. The van der Waals surface area contributed by atoms with Crippen LogP contribution in [0.2, 0.25) is 0 Å². The number of fused-ring (bicyclic) bond motifs is 1. The van der Waals surface area contributed by atoms with Crippen molar-refractivity contribution < 1.29 is 32.7 Å². The summed E-state index contributed by atoms with van der Waals surface area (Å²) in [6.45, 7) is 0. The summed E-state index contributed by atoms with van der Waals surface area (Å²) in [4.78, 5) is 35.2. The number of benzene rings is 1. The zero-order chi connectivity index (χ0) is 18.9. The number of hydrogen-bond donors (Lipinski definition) is 3. The number of carboxylic acids is 1. The van der Waals surface area contributed by atoms with Crippen molar-refractivity contribution in [2.24, 2.45) is 11.3 Å². The molecule has 2 amide bonds. The van der Waals surface area contributed by atoms with Gasteiger partial charge in [0.05, 0.1) is 11.3 Å². The van der Waals surface area contributed by atoms with E-state index in [4.69, 9.17) is 5.11 Å². The minimum Gasteiger partial charge on any atom is -0.481 e. The van der Waals surface area contributed by atoms with E-state index in [9.17, 15) is 27.6 Å². The zero-order valence-corrected chi connectivity index (χ0v) is 13.4. The third kappa shape index (κ3) is 2.22. The smallest absolute Gasteiger partial charge is 0.313 e. The first-order chi connectivity index (χ1) is 12.2. The third-order valence-electron chi connectivity index (χ3n) is 5.68. The fraction of sp³-hybridized carbons (Fsp3) is 0.471. The van der Waals surface area contributed by atoms with E-state index >= 15 is 0 Å². The Labute approximate surface area is 145 Å². The molecule has 3 aliphatic rings. The molecular formula is C17H15F3N2O4. The first kappa shape index (κ1) is 16.9. The number of anilines is 1.